The molecule has 0 saturated heterocycles. The summed E-state index contributed by atoms with van der Waals surface area (Å²) in [5.74, 6) is 1.84. The fraction of sp³-hybridized carbons (Fsp3) is 0.333. The number of rotatable bonds is 6. The lowest BCUT2D eigenvalue weighted by atomic mass is 10.1. The highest BCUT2D eigenvalue weighted by molar-refractivity contribution is 5.44. The molecule has 0 spiro atoms. The van der Waals surface area contributed by atoms with Gasteiger partial charge in [-0.25, -0.2) is 0 Å². The van der Waals surface area contributed by atoms with Crippen LogP contribution in [0.15, 0.2) is 36.4 Å². The zero-order valence-electron chi connectivity index (χ0n) is 13.0. The van der Waals surface area contributed by atoms with Gasteiger partial charge >= 0.3 is 0 Å². The van der Waals surface area contributed by atoms with Gasteiger partial charge in [0, 0.05) is 12.1 Å². The lowest BCUT2D eigenvalue weighted by Crippen LogP contribution is -2.07. The van der Waals surface area contributed by atoms with E-state index in [0.717, 1.165) is 23.6 Å². The molecular weight excluding hydrogens is 262 g/mol. The van der Waals surface area contributed by atoms with Crippen molar-refractivity contribution in [1.82, 2.24) is 0 Å². The van der Waals surface area contributed by atoms with E-state index in [2.05, 4.69) is 32.9 Å². The molecule has 0 bridgehead atoms. The van der Waals surface area contributed by atoms with Crippen molar-refractivity contribution < 1.29 is 9.47 Å². The molecule has 0 fully saturated rings. The minimum atomic E-state index is 0.633. The van der Waals surface area contributed by atoms with Gasteiger partial charge in [0.1, 0.15) is 11.5 Å². The van der Waals surface area contributed by atoms with Crippen molar-refractivity contribution in [2.45, 2.75) is 27.2 Å². The zero-order valence-corrected chi connectivity index (χ0v) is 13.0. The number of aryl methyl sites for hydroxylation is 2. The van der Waals surface area contributed by atoms with Gasteiger partial charge in [0.2, 0.25) is 0 Å². The maximum atomic E-state index is 5.91. The van der Waals surface area contributed by atoms with E-state index in [4.69, 9.17) is 15.2 Å². The molecule has 21 heavy (non-hydrogen) atoms. The van der Waals surface area contributed by atoms with Crippen LogP contribution in [-0.2, 0) is 0 Å². The monoisotopic (exact) mass is 285 g/mol. The Balaban J connectivity index is 1.78. The van der Waals surface area contributed by atoms with Crippen LogP contribution in [0.3, 0.4) is 0 Å². The molecule has 2 aromatic carbocycles. The maximum Gasteiger partial charge on any atom is 0.125 e. The second-order valence-corrected chi connectivity index (χ2v) is 5.27. The summed E-state index contributed by atoms with van der Waals surface area (Å²) in [6.45, 7) is 7.56. The van der Waals surface area contributed by atoms with Crippen molar-refractivity contribution in [3.05, 3.63) is 53.1 Å². The second kappa shape index (κ2) is 7.02. The van der Waals surface area contributed by atoms with Crippen LogP contribution in [0.2, 0.25) is 0 Å². The number of nitrogens with two attached hydrogens (primary N) is 1. The summed E-state index contributed by atoms with van der Waals surface area (Å²) in [6.07, 6.45) is 0.844. The number of benzene rings is 2. The van der Waals surface area contributed by atoms with E-state index in [1.165, 1.54) is 16.7 Å². The summed E-state index contributed by atoms with van der Waals surface area (Å²) >= 11 is 0. The van der Waals surface area contributed by atoms with Crippen LogP contribution in [0, 0.1) is 20.8 Å². The van der Waals surface area contributed by atoms with Gasteiger partial charge in [-0.05, 0) is 61.7 Å². The van der Waals surface area contributed by atoms with Crippen LogP contribution in [0.1, 0.15) is 23.1 Å². The Morgan fingerprint density at radius 1 is 0.810 bits per heavy atom. The van der Waals surface area contributed by atoms with Crippen molar-refractivity contribution in [1.29, 1.82) is 0 Å². The van der Waals surface area contributed by atoms with E-state index in [-0.39, 0.29) is 0 Å². The van der Waals surface area contributed by atoms with E-state index in [0.29, 0.717) is 13.2 Å². The Morgan fingerprint density at radius 3 is 2.14 bits per heavy atom. The van der Waals surface area contributed by atoms with Gasteiger partial charge in [0.05, 0.1) is 13.2 Å². The van der Waals surface area contributed by atoms with Crippen molar-refractivity contribution >= 4 is 5.69 Å². The second-order valence-electron chi connectivity index (χ2n) is 5.27. The van der Waals surface area contributed by atoms with Crippen molar-refractivity contribution in [2.75, 3.05) is 18.9 Å². The average molecular weight is 285 g/mol. The van der Waals surface area contributed by atoms with Crippen molar-refractivity contribution in [3.63, 3.8) is 0 Å². The molecule has 0 heterocycles. The Morgan fingerprint density at radius 2 is 1.43 bits per heavy atom. The lowest BCUT2D eigenvalue weighted by molar-refractivity contribution is 0.245. The Hall–Kier alpha value is -2.16. The molecule has 0 unspecified atom stereocenters. The average Bonchev–Trinajstić information content (AvgIpc) is 2.48. The van der Waals surface area contributed by atoms with E-state index >= 15 is 0 Å². The number of ether oxygens (including phenoxy) is 2. The number of hydrogen-bond acceptors (Lipinski definition) is 3. The predicted octanol–water partition coefficient (Wildman–Crippen LogP) is 4.04. The van der Waals surface area contributed by atoms with E-state index in [9.17, 15) is 0 Å². The number of nitrogen functional groups attached to an aromatic ring is 1. The van der Waals surface area contributed by atoms with Gasteiger partial charge in [0.25, 0.3) is 0 Å². The molecule has 0 radical (unpaired) electrons. The molecule has 0 amide bonds. The third-order valence-electron chi connectivity index (χ3n) is 3.56. The first-order valence-electron chi connectivity index (χ1n) is 7.26. The maximum absolute atomic E-state index is 5.91. The summed E-state index contributed by atoms with van der Waals surface area (Å²) in [7, 11) is 0. The Kier molecular flexibility index (Phi) is 5.09. The zero-order chi connectivity index (χ0) is 15.2. The fourth-order valence-corrected chi connectivity index (χ4v) is 2.13. The highest BCUT2D eigenvalue weighted by Gasteiger charge is 2.06. The third-order valence-corrected chi connectivity index (χ3v) is 3.56. The van der Waals surface area contributed by atoms with Gasteiger partial charge in [0.15, 0.2) is 0 Å². The Labute approximate surface area is 126 Å². The smallest absolute Gasteiger partial charge is 0.125 e. The third kappa shape index (κ3) is 4.15. The van der Waals surface area contributed by atoms with Gasteiger partial charge in [-0.1, -0.05) is 12.1 Å². The number of anilines is 1. The molecule has 0 aliphatic rings. The largest absolute Gasteiger partial charge is 0.493 e. The minimum Gasteiger partial charge on any atom is -0.493 e. The molecule has 2 aromatic rings. The van der Waals surface area contributed by atoms with Crippen molar-refractivity contribution in [3.8, 4) is 11.5 Å². The summed E-state index contributed by atoms with van der Waals surface area (Å²) in [5, 5.41) is 0. The number of hydrogen-bond donors (Lipinski definition) is 1. The van der Waals surface area contributed by atoms with Crippen LogP contribution < -0.4 is 15.2 Å². The molecule has 0 atom stereocenters. The molecule has 3 heteroatoms. The first-order valence-corrected chi connectivity index (χ1v) is 7.26. The molecule has 0 aromatic heterocycles. The van der Waals surface area contributed by atoms with Gasteiger partial charge in [-0.3, -0.25) is 0 Å². The quantitative estimate of drug-likeness (QED) is 0.643. The predicted molar refractivity (Wildman–Crippen MR) is 87.1 cm³/mol. The van der Waals surface area contributed by atoms with E-state index in [1.54, 1.807) is 0 Å². The SMILES string of the molecule is Cc1ccc(C)c(OCCCOc2ccc(N)cc2)c1C. The van der Waals surface area contributed by atoms with Crippen molar-refractivity contribution in [2.24, 2.45) is 0 Å². The molecular formula is C18H23NO2. The molecule has 0 aliphatic heterocycles. The first-order chi connectivity index (χ1) is 10.1. The first kappa shape index (κ1) is 15.2. The fourth-order valence-electron chi connectivity index (χ4n) is 2.13. The molecule has 3 nitrogen and oxygen atoms in total. The van der Waals surface area contributed by atoms with Crippen LogP contribution in [0.25, 0.3) is 0 Å². The van der Waals surface area contributed by atoms with Gasteiger partial charge in [-0.15, -0.1) is 0 Å². The summed E-state index contributed by atoms with van der Waals surface area (Å²) < 4.78 is 11.6. The lowest BCUT2D eigenvalue weighted by Gasteiger charge is -2.14. The van der Waals surface area contributed by atoms with Gasteiger partial charge < -0.3 is 15.2 Å². The topological polar surface area (TPSA) is 44.5 Å². The molecule has 2 N–H and O–H groups in total. The standard InChI is InChI=1S/C18H23NO2/c1-13-5-6-14(2)18(15(13)3)21-12-4-11-20-17-9-7-16(19)8-10-17/h5-10H,4,11-12,19H2,1-3H3. The van der Waals surface area contributed by atoms with Gasteiger partial charge in [-0.2, -0.15) is 0 Å². The van der Waals surface area contributed by atoms with Crippen LogP contribution in [-0.4, -0.2) is 13.2 Å². The normalized spacial score (nSPS) is 10.4. The van der Waals surface area contributed by atoms with Crippen LogP contribution >= 0.6 is 0 Å². The Bertz CT molecular complexity index is 591. The molecule has 0 saturated carbocycles. The molecule has 0 aliphatic carbocycles. The van der Waals surface area contributed by atoms with E-state index < -0.39 is 0 Å². The van der Waals surface area contributed by atoms with Crippen LogP contribution in [0.5, 0.6) is 11.5 Å². The minimum absolute atomic E-state index is 0.633. The summed E-state index contributed by atoms with van der Waals surface area (Å²) in [5.41, 5.74) is 10.0. The highest BCUT2D eigenvalue weighted by Crippen LogP contribution is 2.25. The van der Waals surface area contributed by atoms with E-state index in [1.807, 2.05) is 24.3 Å². The highest BCUT2D eigenvalue weighted by atomic mass is 16.5. The molecule has 2 rings (SSSR count). The summed E-state index contributed by atoms with van der Waals surface area (Å²) in [6, 6.07) is 11.7. The molecule has 112 valence electrons. The summed E-state index contributed by atoms with van der Waals surface area (Å²) in [4.78, 5) is 0. The van der Waals surface area contributed by atoms with Crippen LogP contribution in [0.4, 0.5) is 5.69 Å².